The Morgan fingerprint density at radius 3 is 2.86 bits per heavy atom. The normalized spacial score (nSPS) is 12.5. The lowest BCUT2D eigenvalue weighted by Crippen LogP contribution is -1.99. The van der Waals surface area contributed by atoms with Crippen molar-refractivity contribution in [2.75, 3.05) is 12.4 Å². The largest absolute Gasteiger partial charge is 0.493 e. The summed E-state index contributed by atoms with van der Waals surface area (Å²) in [5, 5.41) is 0. The fourth-order valence-corrected chi connectivity index (χ4v) is 3.05. The van der Waals surface area contributed by atoms with Crippen LogP contribution in [0.15, 0.2) is 41.4 Å². The van der Waals surface area contributed by atoms with Crippen LogP contribution >= 0.6 is 0 Å². The summed E-state index contributed by atoms with van der Waals surface area (Å²) in [4.78, 5) is 12.7. The SMILES string of the molecule is CCOc1cc(S(=O)CC)ccc1-c1nc2ncccc2[nH]1. The molecule has 0 fully saturated rings. The van der Waals surface area contributed by atoms with E-state index in [9.17, 15) is 4.21 Å². The number of aromatic nitrogens is 3. The van der Waals surface area contributed by atoms with Crippen molar-refractivity contribution < 1.29 is 8.95 Å². The Morgan fingerprint density at radius 2 is 2.14 bits per heavy atom. The monoisotopic (exact) mass is 315 g/mol. The van der Waals surface area contributed by atoms with Gasteiger partial charge in [0, 0.05) is 16.8 Å². The van der Waals surface area contributed by atoms with Crippen molar-refractivity contribution in [2.24, 2.45) is 0 Å². The fraction of sp³-hybridized carbons (Fsp3) is 0.250. The Hall–Kier alpha value is -2.21. The van der Waals surface area contributed by atoms with Gasteiger partial charge in [-0.3, -0.25) is 4.21 Å². The molecule has 22 heavy (non-hydrogen) atoms. The molecule has 114 valence electrons. The van der Waals surface area contributed by atoms with E-state index >= 15 is 0 Å². The van der Waals surface area contributed by atoms with E-state index in [1.54, 1.807) is 6.20 Å². The van der Waals surface area contributed by atoms with Gasteiger partial charge in [0.2, 0.25) is 0 Å². The van der Waals surface area contributed by atoms with Crippen molar-refractivity contribution in [3.63, 3.8) is 0 Å². The van der Waals surface area contributed by atoms with Gasteiger partial charge in [-0.15, -0.1) is 0 Å². The molecule has 0 saturated carbocycles. The lowest BCUT2D eigenvalue weighted by Gasteiger charge is -2.10. The van der Waals surface area contributed by atoms with Gasteiger partial charge in [-0.1, -0.05) is 6.92 Å². The molecule has 2 aromatic heterocycles. The summed E-state index contributed by atoms with van der Waals surface area (Å²) in [5.74, 6) is 1.96. The lowest BCUT2D eigenvalue weighted by molar-refractivity contribution is 0.340. The Kier molecular flexibility index (Phi) is 4.20. The first-order chi connectivity index (χ1) is 10.7. The van der Waals surface area contributed by atoms with Gasteiger partial charge in [-0.05, 0) is 37.3 Å². The molecule has 0 aliphatic rings. The van der Waals surface area contributed by atoms with E-state index in [-0.39, 0.29) is 0 Å². The minimum absolute atomic E-state index is 0.535. The average molecular weight is 315 g/mol. The van der Waals surface area contributed by atoms with Crippen LogP contribution in [0.1, 0.15) is 13.8 Å². The molecule has 0 bridgehead atoms. The number of hydrogen-bond acceptors (Lipinski definition) is 4. The second-order valence-corrected chi connectivity index (χ2v) is 6.42. The van der Waals surface area contributed by atoms with Crippen LogP contribution in [0.25, 0.3) is 22.6 Å². The predicted molar refractivity (Wildman–Crippen MR) is 87.4 cm³/mol. The molecule has 0 radical (unpaired) electrons. The second kappa shape index (κ2) is 6.27. The molecule has 1 unspecified atom stereocenters. The number of ether oxygens (including phenoxy) is 1. The van der Waals surface area contributed by atoms with Gasteiger partial charge in [0.05, 0.1) is 28.5 Å². The van der Waals surface area contributed by atoms with E-state index in [2.05, 4.69) is 15.0 Å². The number of nitrogens with zero attached hydrogens (tertiary/aromatic N) is 2. The third-order valence-electron chi connectivity index (χ3n) is 3.29. The van der Waals surface area contributed by atoms with Gasteiger partial charge in [-0.25, -0.2) is 9.97 Å². The van der Waals surface area contributed by atoms with Crippen LogP contribution in [0.2, 0.25) is 0 Å². The van der Waals surface area contributed by atoms with Gasteiger partial charge < -0.3 is 9.72 Å². The van der Waals surface area contributed by atoms with E-state index in [1.165, 1.54) is 0 Å². The van der Waals surface area contributed by atoms with Gasteiger partial charge >= 0.3 is 0 Å². The Morgan fingerprint density at radius 1 is 1.27 bits per heavy atom. The number of rotatable bonds is 5. The highest BCUT2D eigenvalue weighted by Gasteiger charge is 2.14. The maximum absolute atomic E-state index is 12.0. The van der Waals surface area contributed by atoms with E-state index in [1.807, 2.05) is 44.2 Å². The molecule has 2 heterocycles. The zero-order chi connectivity index (χ0) is 15.5. The molecular weight excluding hydrogens is 298 g/mol. The number of imidazole rings is 1. The molecule has 6 heteroatoms. The highest BCUT2D eigenvalue weighted by Crippen LogP contribution is 2.31. The number of H-pyrrole nitrogens is 1. The van der Waals surface area contributed by atoms with E-state index in [4.69, 9.17) is 4.74 Å². The van der Waals surface area contributed by atoms with E-state index in [0.717, 1.165) is 16.0 Å². The summed E-state index contributed by atoms with van der Waals surface area (Å²) in [6.07, 6.45) is 1.71. The summed E-state index contributed by atoms with van der Waals surface area (Å²) in [7, 11) is -1.01. The summed E-state index contributed by atoms with van der Waals surface area (Å²) >= 11 is 0. The first-order valence-electron chi connectivity index (χ1n) is 7.19. The predicted octanol–water partition coefficient (Wildman–Crippen LogP) is 3.15. The van der Waals surface area contributed by atoms with Crippen LogP contribution < -0.4 is 4.74 Å². The van der Waals surface area contributed by atoms with Gasteiger partial charge in [0.25, 0.3) is 0 Å². The van der Waals surface area contributed by atoms with Crippen LogP contribution in [-0.4, -0.2) is 31.5 Å². The molecule has 0 spiro atoms. The van der Waals surface area contributed by atoms with Crippen LogP contribution in [0.4, 0.5) is 0 Å². The van der Waals surface area contributed by atoms with Crippen molar-refractivity contribution in [1.82, 2.24) is 15.0 Å². The zero-order valence-corrected chi connectivity index (χ0v) is 13.3. The number of hydrogen-bond donors (Lipinski definition) is 1. The first kappa shape index (κ1) is 14.7. The molecule has 3 aromatic rings. The molecule has 0 aliphatic heterocycles. The Bertz CT molecular complexity index is 796. The topological polar surface area (TPSA) is 67.9 Å². The summed E-state index contributed by atoms with van der Waals surface area (Å²) < 4.78 is 17.7. The van der Waals surface area contributed by atoms with Gasteiger partial charge in [0.15, 0.2) is 5.65 Å². The van der Waals surface area contributed by atoms with Crippen molar-refractivity contribution >= 4 is 22.0 Å². The summed E-state index contributed by atoms with van der Waals surface area (Å²) in [6, 6.07) is 9.38. The van der Waals surface area contributed by atoms with Gasteiger partial charge in [-0.2, -0.15) is 0 Å². The number of aromatic amines is 1. The molecule has 5 nitrogen and oxygen atoms in total. The number of fused-ring (bicyclic) bond motifs is 1. The van der Waals surface area contributed by atoms with E-state index in [0.29, 0.717) is 29.6 Å². The first-order valence-corrected chi connectivity index (χ1v) is 8.51. The minimum Gasteiger partial charge on any atom is -0.493 e. The number of pyridine rings is 1. The zero-order valence-electron chi connectivity index (χ0n) is 12.5. The summed E-state index contributed by atoms with van der Waals surface area (Å²) in [6.45, 7) is 4.36. The third kappa shape index (κ3) is 2.74. The van der Waals surface area contributed by atoms with Crippen LogP contribution in [-0.2, 0) is 10.8 Å². The number of benzene rings is 1. The average Bonchev–Trinajstić information content (AvgIpc) is 2.98. The molecule has 0 amide bonds. The fourth-order valence-electron chi connectivity index (χ4n) is 2.25. The van der Waals surface area contributed by atoms with Gasteiger partial charge in [0.1, 0.15) is 11.6 Å². The number of nitrogens with one attached hydrogen (secondary N) is 1. The smallest absolute Gasteiger partial charge is 0.178 e. The van der Waals surface area contributed by atoms with E-state index < -0.39 is 10.8 Å². The molecule has 3 rings (SSSR count). The van der Waals surface area contributed by atoms with Crippen molar-refractivity contribution in [3.05, 3.63) is 36.5 Å². The molecule has 0 saturated heterocycles. The highest BCUT2D eigenvalue weighted by atomic mass is 32.2. The molecule has 1 aromatic carbocycles. The standard InChI is InChI=1S/C16H17N3O2S/c1-3-21-14-10-11(22(20)4-2)7-8-12(14)15-18-13-6-5-9-17-16(13)19-15/h5-10H,3-4H2,1-2H3,(H,17,18,19). The van der Waals surface area contributed by atoms with Crippen molar-refractivity contribution in [3.8, 4) is 17.1 Å². The third-order valence-corrected chi connectivity index (χ3v) is 4.59. The Labute approximate surface area is 131 Å². The quantitative estimate of drug-likeness (QED) is 0.785. The maximum Gasteiger partial charge on any atom is 0.178 e. The second-order valence-electron chi connectivity index (χ2n) is 4.69. The molecule has 0 aliphatic carbocycles. The molecule has 1 atom stereocenters. The molecule has 1 N–H and O–H groups in total. The summed E-state index contributed by atoms with van der Waals surface area (Å²) in [5.41, 5.74) is 2.39. The molecular formula is C16H17N3O2S. The van der Waals surface area contributed by atoms with Crippen molar-refractivity contribution in [1.29, 1.82) is 0 Å². The lowest BCUT2D eigenvalue weighted by atomic mass is 10.2. The maximum atomic E-state index is 12.0. The minimum atomic E-state index is -1.01. The Balaban J connectivity index is 2.10. The van der Waals surface area contributed by atoms with Crippen LogP contribution in [0.5, 0.6) is 5.75 Å². The van der Waals surface area contributed by atoms with Crippen molar-refractivity contribution in [2.45, 2.75) is 18.7 Å². The van der Waals surface area contributed by atoms with Crippen LogP contribution in [0.3, 0.4) is 0 Å². The van der Waals surface area contributed by atoms with Crippen LogP contribution in [0, 0.1) is 0 Å². The highest BCUT2D eigenvalue weighted by molar-refractivity contribution is 7.85.